The third-order valence-electron chi connectivity index (χ3n) is 8.14. The van der Waals surface area contributed by atoms with E-state index in [2.05, 4.69) is 26.0 Å². The highest BCUT2D eigenvalue weighted by Crippen LogP contribution is 2.30. The highest BCUT2D eigenvalue weighted by Gasteiger charge is 2.26. The summed E-state index contributed by atoms with van der Waals surface area (Å²) >= 11 is 0. The van der Waals surface area contributed by atoms with Crippen molar-refractivity contribution in [3.05, 3.63) is 70.6 Å². The predicted molar refractivity (Wildman–Crippen MR) is 144 cm³/mol. The van der Waals surface area contributed by atoms with Crippen LogP contribution in [0, 0.1) is 17.8 Å². The van der Waals surface area contributed by atoms with Gasteiger partial charge in [-0.15, -0.1) is 0 Å². The number of hydrogen-bond acceptors (Lipinski definition) is 3. The molecule has 3 atom stereocenters. The lowest BCUT2D eigenvalue weighted by Gasteiger charge is -2.30. The number of rotatable bonds is 11. The molecule has 3 aromatic rings. The second-order valence-electron chi connectivity index (χ2n) is 11.0. The fraction of sp³-hybridized carbons (Fsp3) is 0.567. The average molecular weight is 478 g/mol. The van der Waals surface area contributed by atoms with Gasteiger partial charge < -0.3 is 10.8 Å². The van der Waals surface area contributed by atoms with Crippen LogP contribution >= 0.6 is 0 Å². The molecule has 0 radical (unpaired) electrons. The van der Waals surface area contributed by atoms with E-state index in [4.69, 9.17) is 5.73 Å². The zero-order valence-electron chi connectivity index (χ0n) is 21.5. The number of hydrogen-bond donors (Lipinski definition) is 2. The Hall–Kier alpha value is -2.37. The molecule has 35 heavy (non-hydrogen) atoms. The Morgan fingerprint density at radius 2 is 1.57 bits per heavy atom. The van der Waals surface area contributed by atoms with E-state index in [1.807, 2.05) is 51.6 Å². The highest BCUT2D eigenvalue weighted by atomic mass is 16.3. The number of para-hydroxylation sites is 2. The number of benzene rings is 2. The molecule has 0 amide bonds. The summed E-state index contributed by atoms with van der Waals surface area (Å²) in [5.74, 6) is 1.39. The van der Waals surface area contributed by atoms with Crippen LogP contribution in [0.25, 0.3) is 11.0 Å². The number of aryl methyl sites for hydroxylation is 1. The highest BCUT2D eigenvalue weighted by molar-refractivity contribution is 5.76. The number of aromatic nitrogens is 2. The summed E-state index contributed by atoms with van der Waals surface area (Å²) in [7, 11) is 0. The first-order valence-electron chi connectivity index (χ1n) is 13.6. The van der Waals surface area contributed by atoms with Crippen LogP contribution in [0.2, 0.25) is 0 Å². The first kappa shape index (κ1) is 25.7. The Bertz CT molecular complexity index is 1110. The Morgan fingerprint density at radius 3 is 2.23 bits per heavy atom. The first-order valence-corrected chi connectivity index (χ1v) is 13.6. The van der Waals surface area contributed by atoms with Crippen LogP contribution in [0.5, 0.6) is 0 Å². The van der Waals surface area contributed by atoms with E-state index in [0.29, 0.717) is 37.3 Å². The van der Waals surface area contributed by atoms with Crippen molar-refractivity contribution < 1.29 is 5.11 Å². The molecule has 1 aromatic heterocycles. The molecule has 1 aliphatic rings. The SMILES string of the molecule is CC(C)[C@@H](CCn1c(=O)n(Cc2ccccc2)c2ccccc21)C[C@H](O)[C@@H](N)CC1CCCCC1. The third kappa shape index (κ3) is 6.45. The lowest BCUT2D eigenvalue weighted by Crippen LogP contribution is -2.39. The van der Waals surface area contributed by atoms with E-state index in [9.17, 15) is 9.90 Å². The quantitative estimate of drug-likeness (QED) is 0.380. The van der Waals surface area contributed by atoms with Gasteiger partial charge in [-0.05, 0) is 54.7 Å². The molecule has 1 heterocycles. The maximum absolute atomic E-state index is 13.5. The van der Waals surface area contributed by atoms with Gasteiger partial charge in [-0.2, -0.15) is 0 Å². The number of aliphatic hydroxyl groups excluding tert-OH is 1. The van der Waals surface area contributed by atoms with E-state index in [1.54, 1.807) is 0 Å². The fourth-order valence-electron chi connectivity index (χ4n) is 5.88. The molecule has 0 aliphatic heterocycles. The van der Waals surface area contributed by atoms with Crippen LogP contribution in [0.4, 0.5) is 0 Å². The molecule has 1 fully saturated rings. The fourth-order valence-corrected chi connectivity index (χ4v) is 5.88. The summed E-state index contributed by atoms with van der Waals surface area (Å²) in [6.45, 7) is 5.64. The van der Waals surface area contributed by atoms with E-state index in [0.717, 1.165) is 29.4 Å². The third-order valence-corrected chi connectivity index (χ3v) is 8.14. The number of nitrogens with two attached hydrogens (primary N) is 1. The second-order valence-corrected chi connectivity index (χ2v) is 11.0. The van der Waals surface area contributed by atoms with Gasteiger partial charge in [-0.1, -0.05) is 88.4 Å². The zero-order valence-corrected chi connectivity index (χ0v) is 21.5. The van der Waals surface area contributed by atoms with Crippen molar-refractivity contribution in [2.75, 3.05) is 0 Å². The van der Waals surface area contributed by atoms with Crippen LogP contribution < -0.4 is 11.4 Å². The topological polar surface area (TPSA) is 73.2 Å². The van der Waals surface area contributed by atoms with Crippen molar-refractivity contribution in [1.82, 2.24) is 9.13 Å². The van der Waals surface area contributed by atoms with E-state index < -0.39 is 6.10 Å². The summed E-state index contributed by atoms with van der Waals surface area (Å²) in [6.07, 6.45) is 8.44. The molecule has 1 saturated carbocycles. The van der Waals surface area contributed by atoms with E-state index in [1.165, 1.54) is 32.1 Å². The molecular formula is C30H43N3O2. The maximum Gasteiger partial charge on any atom is 0.329 e. The molecule has 2 aromatic carbocycles. The molecule has 1 aliphatic carbocycles. The number of aliphatic hydroxyl groups is 1. The van der Waals surface area contributed by atoms with Gasteiger partial charge in [0.1, 0.15) is 0 Å². The van der Waals surface area contributed by atoms with Gasteiger partial charge in [0.2, 0.25) is 0 Å². The molecule has 190 valence electrons. The van der Waals surface area contributed by atoms with Crippen LogP contribution in [0.1, 0.15) is 70.8 Å². The van der Waals surface area contributed by atoms with Gasteiger partial charge in [-0.3, -0.25) is 9.13 Å². The molecule has 5 nitrogen and oxygen atoms in total. The molecule has 0 spiro atoms. The Labute approximate surface area is 210 Å². The van der Waals surface area contributed by atoms with E-state index >= 15 is 0 Å². The Morgan fingerprint density at radius 1 is 0.943 bits per heavy atom. The van der Waals surface area contributed by atoms with Crippen LogP contribution in [0.3, 0.4) is 0 Å². The maximum atomic E-state index is 13.5. The van der Waals surface area contributed by atoms with Gasteiger partial charge in [0.05, 0.1) is 23.7 Å². The molecular weight excluding hydrogens is 434 g/mol. The minimum Gasteiger partial charge on any atom is -0.392 e. The Balaban J connectivity index is 1.45. The standard InChI is InChI=1S/C30H43N3O2/c1-22(2)25(20-29(34)26(31)19-23-11-5-3-6-12-23)17-18-32-27-15-9-10-16-28(27)33(30(32)35)21-24-13-7-4-8-14-24/h4,7-10,13-16,22-23,25-26,29,34H,3,5-6,11-12,17-21,31H2,1-2H3/t25-,26-,29-/m0/s1. The summed E-state index contributed by atoms with van der Waals surface area (Å²) in [4.78, 5) is 13.5. The van der Waals surface area contributed by atoms with Gasteiger partial charge in [0.15, 0.2) is 0 Å². The molecule has 0 bridgehead atoms. The van der Waals surface area contributed by atoms with Gasteiger partial charge >= 0.3 is 5.69 Å². The van der Waals surface area contributed by atoms with Crippen LogP contribution in [-0.2, 0) is 13.1 Å². The number of nitrogens with zero attached hydrogens (tertiary/aromatic N) is 2. The first-order chi connectivity index (χ1) is 16.9. The van der Waals surface area contributed by atoms with Crippen molar-refractivity contribution in [2.24, 2.45) is 23.5 Å². The Kier molecular flexibility index (Phi) is 8.85. The van der Waals surface area contributed by atoms with Crippen molar-refractivity contribution in [3.63, 3.8) is 0 Å². The average Bonchev–Trinajstić information content (AvgIpc) is 3.13. The minimum atomic E-state index is -0.486. The van der Waals surface area contributed by atoms with Crippen molar-refractivity contribution in [2.45, 2.75) is 90.4 Å². The lowest BCUT2D eigenvalue weighted by atomic mass is 9.81. The molecule has 0 saturated heterocycles. The zero-order chi connectivity index (χ0) is 24.8. The minimum absolute atomic E-state index is 0.0344. The smallest absolute Gasteiger partial charge is 0.329 e. The van der Waals surface area contributed by atoms with Crippen LogP contribution in [-0.4, -0.2) is 26.4 Å². The summed E-state index contributed by atoms with van der Waals surface area (Å²) in [6, 6.07) is 18.0. The lowest BCUT2D eigenvalue weighted by molar-refractivity contribution is 0.0877. The molecule has 5 heteroatoms. The monoisotopic (exact) mass is 477 g/mol. The largest absolute Gasteiger partial charge is 0.392 e. The van der Waals surface area contributed by atoms with Crippen LogP contribution in [0.15, 0.2) is 59.4 Å². The van der Waals surface area contributed by atoms with Crippen molar-refractivity contribution >= 4 is 11.0 Å². The summed E-state index contributed by atoms with van der Waals surface area (Å²) in [5.41, 5.74) is 9.57. The number of imidazole rings is 1. The molecule has 4 rings (SSSR count). The second kappa shape index (κ2) is 12.0. The van der Waals surface area contributed by atoms with Gasteiger partial charge in [0, 0.05) is 12.6 Å². The van der Waals surface area contributed by atoms with E-state index in [-0.39, 0.29) is 11.7 Å². The summed E-state index contributed by atoms with van der Waals surface area (Å²) < 4.78 is 3.80. The number of fused-ring (bicyclic) bond motifs is 1. The van der Waals surface area contributed by atoms with Gasteiger partial charge in [0.25, 0.3) is 0 Å². The normalized spacial score (nSPS) is 17.6. The predicted octanol–water partition coefficient (Wildman–Crippen LogP) is 5.56. The van der Waals surface area contributed by atoms with Gasteiger partial charge in [-0.25, -0.2) is 4.79 Å². The van der Waals surface area contributed by atoms with Crippen molar-refractivity contribution in [1.29, 1.82) is 0 Å². The van der Waals surface area contributed by atoms with Crippen molar-refractivity contribution in [3.8, 4) is 0 Å². The molecule has 3 N–H and O–H groups in total. The molecule has 0 unspecified atom stereocenters. The summed E-state index contributed by atoms with van der Waals surface area (Å²) in [5, 5.41) is 11.0.